The van der Waals surface area contributed by atoms with Crippen molar-refractivity contribution in [3.63, 3.8) is 0 Å². The van der Waals surface area contributed by atoms with Crippen LogP contribution in [0, 0.1) is 0 Å². The Hall–Kier alpha value is -1.96. The van der Waals surface area contributed by atoms with E-state index >= 15 is 0 Å². The fourth-order valence-corrected chi connectivity index (χ4v) is 7.31. The molecule has 0 N–H and O–H groups in total. The summed E-state index contributed by atoms with van der Waals surface area (Å²) in [6, 6.07) is 9.02. The van der Waals surface area contributed by atoms with E-state index in [0.29, 0.717) is 26.1 Å². The Balaban J connectivity index is 1.50. The molecule has 7 heteroatoms. The summed E-state index contributed by atoms with van der Waals surface area (Å²) in [6.07, 6.45) is 9.19. The minimum absolute atomic E-state index is 0.0838. The molecular formula is C28H36O4S3. The lowest BCUT2D eigenvalue weighted by atomic mass is 10.1. The summed E-state index contributed by atoms with van der Waals surface area (Å²) >= 11 is 5.52. The van der Waals surface area contributed by atoms with Gasteiger partial charge in [-0.05, 0) is 98.5 Å². The molecule has 0 bridgehead atoms. The van der Waals surface area contributed by atoms with Gasteiger partial charge in [-0.15, -0.1) is 34.0 Å². The lowest BCUT2D eigenvalue weighted by Gasteiger charge is -2.04. The summed E-state index contributed by atoms with van der Waals surface area (Å²) < 4.78 is 10.0. The molecule has 0 atom stereocenters. The van der Waals surface area contributed by atoms with Crippen molar-refractivity contribution in [2.24, 2.45) is 0 Å². The Morgan fingerprint density at radius 2 is 1.11 bits per heavy atom. The molecule has 4 nitrogen and oxygen atoms in total. The molecule has 35 heavy (non-hydrogen) atoms. The summed E-state index contributed by atoms with van der Waals surface area (Å²) in [6.45, 7) is 4.62. The van der Waals surface area contributed by atoms with Gasteiger partial charge in [0.15, 0.2) is 0 Å². The van der Waals surface area contributed by atoms with Crippen molar-refractivity contribution < 1.29 is 19.1 Å². The molecule has 0 aliphatic rings. The van der Waals surface area contributed by atoms with E-state index in [1.165, 1.54) is 30.6 Å². The molecule has 0 fully saturated rings. The van der Waals surface area contributed by atoms with Crippen LogP contribution in [-0.4, -0.2) is 25.2 Å². The Kier molecular flexibility index (Phi) is 12.0. The molecule has 0 radical (unpaired) electrons. The molecule has 3 heterocycles. The quantitative estimate of drug-likeness (QED) is 0.137. The van der Waals surface area contributed by atoms with Crippen LogP contribution in [0.1, 0.15) is 76.3 Å². The van der Waals surface area contributed by atoms with E-state index in [2.05, 4.69) is 35.0 Å². The number of carbonyl (C=O) groups excluding carboxylic acids is 2. The largest absolute Gasteiger partial charge is 0.466 e. The summed E-state index contributed by atoms with van der Waals surface area (Å²) in [5, 5.41) is 4.38. The summed E-state index contributed by atoms with van der Waals surface area (Å²) in [5.74, 6) is -0.168. The number of rotatable bonds is 16. The molecule has 0 aromatic carbocycles. The number of ether oxygens (including phenoxy) is 2. The number of esters is 2. The lowest BCUT2D eigenvalue weighted by molar-refractivity contribution is -0.144. The molecule has 0 amide bonds. The van der Waals surface area contributed by atoms with Gasteiger partial charge in [-0.3, -0.25) is 9.59 Å². The first-order chi connectivity index (χ1) is 17.1. The van der Waals surface area contributed by atoms with Crippen LogP contribution >= 0.6 is 34.0 Å². The fraction of sp³-hybridized carbons (Fsp3) is 0.500. The maximum atomic E-state index is 11.5. The molecule has 0 spiro atoms. The van der Waals surface area contributed by atoms with Crippen LogP contribution in [0.2, 0.25) is 0 Å². The van der Waals surface area contributed by atoms with Gasteiger partial charge in [0.25, 0.3) is 0 Å². The van der Waals surface area contributed by atoms with Crippen molar-refractivity contribution in [1.29, 1.82) is 0 Å². The lowest BCUT2D eigenvalue weighted by Crippen LogP contribution is -2.03. The van der Waals surface area contributed by atoms with E-state index < -0.39 is 0 Å². The third-order valence-electron chi connectivity index (χ3n) is 5.81. The second-order valence-electron chi connectivity index (χ2n) is 8.45. The van der Waals surface area contributed by atoms with Crippen LogP contribution in [0.25, 0.3) is 19.5 Å². The van der Waals surface area contributed by atoms with Gasteiger partial charge in [0.2, 0.25) is 0 Å². The van der Waals surface area contributed by atoms with Gasteiger partial charge < -0.3 is 9.47 Å². The minimum atomic E-state index is -0.0838. The first kappa shape index (κ1) is 27.6. The first-order valence-electron chi connectivity index (χ1n) is 12.7. The number of thiophene rings is 3. The number of hydrogen-bond donors (Lipinski definition) is 0. The van der Waals surface area contributed by atoms with Crippen molar-refractivity contribution >= 4 is 45.9 Å². The zero-order valence-electron chi connectivity index (χ0n) is 20.8. The summed E-state index contributed by atoms with van der Waals surface area (Å²) in [7, 11) is 0. The van der Waals surface area contributed by atoms with Gasteiger partial charge >= 0.3 is 11.9 Å². The zero-order chi connectivity index (χ0) is 24.9. The molecule has 3 aromatic rings. The van der Waals surface area contributed by atoms with E-state index in [1.54, 1.807) is 0 Å². The van der Waals surface area contributed by atoms with Crippen molar-refractivity contribution in [3.05, 3.63) is 46.2 Å². The second-order valence-corrected chi connectivity index (χ2v) is 11.4. The average Bonchev–Trinajstić information content (AvgIpc) is 3.59. The number of hydrogen-bond acceptors (Lipinski definition) is 7. The van der Waals surface area contributed by atoms with Crippen molar-refractivity contribution in [2.75, 3.05) is 13.2 Å². The number of aryl methyl sites for hydroxylation is 2. The molecule has 0 unspecified atom stereocenters. The van der Waals surface area contributed by atoms with Crippen molar-refractivity contribution in [3.8, 4) is 19.5 Å². The van der Waals surface area contributed by atoms with Crippen LogP contribution in [0.3, 0.4) is 0 Å². The van der Waals surface area contributed by atoms with Crippen LogP contribution in [-0.2, 0) is 31.9 Å². The van der Waals surface area contributed by atoms with Crippen molar-refractivity contribution in [1.82, 2.24) is 0 Å². The fourth-order valence-electron chi connectivity index (χ4n) is 4.07. The highest BCUT2D eigenvalue weighted by molar-refractivity contribution is 7.25. The third kappa shape index (κ3) is 8.89. The normalized spacial score (nSPS) is 11.0. The predicted molar refractivity (Wildman–Crippen MR) is 149 cm³/mol. The van der Waals surface area contributed by atoms with Crippen LogP contribution in [0.4, 0.5) is 0 Å². The van der Waals surface area contributed by atoms with Crippen LogP contribution < -0.4 is 0 Å². The first-order valence-corrected chi connectivity index (χ1v) is 15.2. The Morgan fingerprint density at radius 1 is 0.657 bits per heavy atom. The smallest absolute Gasteiger partial charge is 0.305 e. The molecule has 0 aliphatic heterocycles. The SMILES string of the molecule is CCOC(=O)CCCCCc1ccsc1-c1ccc(-c2sccc2CCCCCC(=O)OCC)s1. The van der Waals surface area contributed by atoms with Gasteiger partial charge in [0.05, 0.1) is 13.2 Å². The van der Waals surface area contributed by atoms with Gasteiger partial charge in [-0.2, -0.15) is 0 Å². The Labute approximate surface area is 221 Å². The molecule has 3 rings (SSSR count). The van der Waals surface area contributed by atoms with Gasteiger partial charge in [-0.1, -0.05) is 12.8 Å². The van der Waals surface area contributed by atoms with Crippen LogP contribution in [0.5, 0.6) is 0 Å². The average molecular weight is 533 g/mol. The number of carbonyl (C=O) groups is 2. The highest BCUT2D eigenvalue weighted by Crippen LogP contribution is 2.42. The van der Waals surface area contributed by atoms with E-state index in [-0.39, 0.29) is 11.9 Å². The highest BCUT2D eigenvalue weighted by Gasteiger charge is 2.14. The maximum absolute atomic E-state index is 11.5. The van der Waals surface area contributed by atoms with Gasteiger partial charge in [0, 0.05) is 32.4 Å². The molecule has 3 aromatic heterocycles. The van der Waals surface area contributed by atoms with Gasteiger partial charge in [-0.25, -0.2) is 0 Å². The maximum Gasteiger partial charge on any atom is 0.305 e. The summed E-state index contributed by atoms with van der Waals surface area (Å²) in [5.41, 5.74) is 2.82. The monoisotopic (exact) mass is 532 g/mol. The van der Waals surface area contributed by atoms with Gasteiger partial charge in [0.1, 0.15) is 0 Å². The molecular weight excluding hydrogens is 497 g/mol. The van der Waals surface area contributed by atoms with E-state index in [0.717, 1.165) is 51.4 Å². The molecule has 190 valence electrons. The molecule has 0 aliphatic carbocycles. The molecule has 0 saturated heterocycles. The van der Waals surface area contributed by atoms with Crippen LogP contribution in [0.15, 0.2) is 35.0 Å². The Bertz CT molecular complexity index is 965. The minimum Gasteiger partial charge on any atom is -0.466 e. The Morgan fingerprint density at radius 3 is 1.54 bits per heavy atom. The predicted octanol–water partition coefficient (Wildman–Crippen LogP) is 8.54. The molecule has 0 saturated carbocycles. The van der Waals surface area contributed by atoms with E-state index in [1.807, 2.05) is 47.9 Å². The second kappa shape index (κ2) is 15.2. The van der Waals surface area contributed by atoms with Crippen molar-refractivity contribution in [2.45, 2.75) is 78.1 Å². The van der Waals surface area contributed by atoms with E-state index in [9.17, 15) is 9.59 Å². The standard InChI is InChI=1S/C28H36O4S3/c1-3-31-25(29)13-9-5-7-11-21-17-19-33-27(21)23-15-16-24(35-23)28-22(18-20-34-28)12-8-6-10-14-26(30)32-4-2/h15-20H,3-14H2,1-2H3. The highest BCUT2D eigenvalue weighted by atomic mass is 32.1. The summed E-state index contributed by atoms with van der Waals surface area (Å²) in [4.78, 5) is 28.4. The topological polar surface area (TPSA) is 52.6 Å². The third-order valence-corrected chi connectivity index (χ3v) is 9.17. The zero-order valence-corrected chi connectivity index (χ0v) is 23.3. The number of unbranched alkanes of at least 4 members (excludes halogenated alkanes) is 4. The van der Waals surface area contributed by atoms with E-state index in [4.69, 9.17) is 9.47 Å².